The van der Waals surface area contributed by atoms with Gasteiger partial charge in [-0.1, -0.05) is 17.7 Å². The molecule has 1 nitrogen and oxygen atoms in total. The van der Waals surface area contributed by atoms with Crippen molar-refractivity contribution in [3.63, 3.8) is 0 Å². The molecule has 2 fully saturated rings. The molecule has 3 heteroatoms. The second kappa shape index (κ2) is 2.96. The van der Waals surface area contributed by atoms with Crippen molar-refractivity contribution in [1.29, 1.82) is 0 Å². The van der Waals surface area contributed by atoms with Crippen molar-refractivity contribution in [2.75, 3.05) is 20.1 Å². The number of fused-ring (bicyclic) bond motifs is 1. The van der Waals surface area contributed by atoms with E-state index in [0.29, 0.717) is 0 Å². The second-order valence-electron chi connectivity index (χ2n) is 4.88. The third kappa shape index (κ3) is 1.31. The van der Waals surface area contributed by atoms with Crippen molar-refractivity contribution in [2.45, 2.75) is 11.8 Å². The molecule has 0 bridgehead atoms. The van der Waals surface area contributed by atoms with E-state index in [1.165, 1.54) is 18.1 Å². The molecule has 0 unspecified atom stereocenters. The van der Waals surface area contributed by atoms with Crippen LogP contribution in [0, 0.1) is 11.7 Å². The molecule has 0 radical (unpaired) electrons. The molecule has 0 spiro atoms. The molecule has 0 amide bonds. The van der Waals surface area contributed by atoms with Crippen molar-refractivity contribution >= 4 is 11.6 Å². The molecule has 1 aliphatic heterocycles. The fourth-order valence-electron chi connectivity index (χ4n) is 2.99. The first-order valence-electron chi connectivity index (χ1n) is 5.26. The Bertz CT molecular complexity index is 420. The van der Waals surface area contributed by atoms with Crippen molar-refractivity contribution < 1.29 is 4.39 Å². The van der Waals surface area contributed by atoms with Gasteiger partial charge >= 0.3 is 0 Å². The second-order valence-corrected chi connectivity index (χ2v) is 5.29. The third-order valence-electron chi connectivity index (χ3n) is 3.81. The van der Waals surface area contributed by atoms with Crippen LogP contribution in [0.15, 0.2) is 18.2 Å². The molecule has 1 saturated heterocycles. The third-order valence-corrected chi connectivity index (χ3v) is 4.10. The first-order valence-corrected chi connectivity index (χ1v) is 5.64. The van der Waals surface area contributed by atoms with Crippen LogP contribution < -0.4 is 0 Å². The Balaban J connectivity index is 1.97. The predicted octanol–water partition coefficient (Wildman–Crippen LogP) is 2.68. The molecule has 1 aromatic rings. The molecule has 1 heterocycles. The lowest BCUT2D eigenvalue weighted by Crippen LogP contribution is -2.22. The van der Waals surface area contributed by atoms with E-state index >= 15 is 0 Å². The molecule has 1 aliphatic carbocycles. The van der Waals surface area contributed by atoms with Crippen molar-refractivity contribution in [2.24, 2.45) is 5.92 Å². The first kappa shape index (κ1) is 9.61. The minimum Gasteiger partial charge on any atom is -0.305 e. The van der Waals surface area contributed by atoms with Gasteiger partial charge in [0.15, 0.2) is 0 Å². The van der Waals surface area contributed by atoms with E-state index < -0.39 is 0 Å². The molecule has 2 atom stereocenters. The lowest BCUT2D eigenvalue weighted by atomic mass is 9.95. The number of hydrogen-bond acceptors (Lipinski definition) is 1. The predicted molar refractivity (Wildman–Crippen MR) is 58.7 cm³/mol. The zero-order valence-corrected chi connectivity index (χ0v) is 9.39. The van der Waals surface area contributed by atoms with Crippen LogP contribution in [0.1, 0.15) is 12.0 Å². The Morgan fingerprint density at radius 2 is 2.33 bits per heavy atom. The smallest absolute Gasteiger partial charge is 0.141 e. The molecule has 0 N–H and O–H groups in total. The van der Waals surface area contributed by atoms with Gasteiger partial charge in [-0.05, 0) is 37.1 Å². The molecule has 15 heavy (non-hydrogen) atoms. The average molecular weight is 226 g/mol. The average Bonchev–Trinajstić information content (AvgIpc) is 2.75. The lowest BCUT2D eigenvalue weighted by molar-refractivity contribution is 0.363. The van der Waals surface area contributed by atoms with Crippen LogP contribution in [0.3, 0.4) is 0 Å². The zero-order chi connectivity index (χ0) is 10.6. The number of likely N-dealkylation sites (tertiary alicyclic amines) is 1. The highest BCUT2D eigenvalue weighted by molar-refractivity contribution is 6.30. The largest absolute Gasteiger partial charge is 0.305 e. The number of hydrogen-bond donors (Lipinski definition) is 0. The number of halogens is 2. The fraction of sp³-hybridized carbons (Fsp3) is 0.500. The zero-order valence-electron chi connectivity index (χ0n) is 8.63. The maximum atomic E-state index is 13.1. The Kier molecular flexibility index (Phi) is 1.89. The van der Waals surface area contributed by atoms with E-state index in [1.807, 2.05) is 6.07 Å². The molecule has 3 rings (SSSR count). The Hall–Kier alpha value is -0.600. The van der Waals surface area contributed by atoms with E-state index in [0.717, 1.165) is 19.0 Å². The van der Waals surface area contributed by atoms with E-state index in [-0.39, 0.29) is 16.3 Å². The first-order chi connectivity index (χ1) is 7.12. The molecule has 80 valence electrons. The Morgan fingerprint density at radius 3 is 2.93 bits per heavy atom. The van der Waals surface area contributed by atoms with Gasteiger partial charge in [-0.25, -0.2) is 4.39 Å². The Morgan fingerprint density at radius 1 is 1.53 bits per heavy atom. The quantitative estimate of drug-likeness (QED) is 0.711. The highest BCUT2D eigenvalue weighted by Gasteiger charge is 2.59. The normalized spacial score (nSPS) is 34.2. The number of benzene rings is 1. The van der Waals surface area contributed by atoms with Crippen LogP contribution in [0.4, 0.5) is 4.39 Å². The van der Waals surface area contributed by atoms with Crippen LogP contribution in [-0.4, -0.2) is 25.0 Å². The topological polar surface area (TPSA) is 3.24 Å². The number of piperidine rings is 1. The highest BCUT2D eigenvalue weighted by Crippen LogP contribution is 2.58. The lowest BCUT2D eigenvalue weighted by Gasteiger charge is -2.16. The van der Waals surface area contributed by atoms with Crippen molar-refractivity contribution in [1.82, 2.24) is 4.90 Å². The molecule has 1 aromatic carbocycles. The summed E-state index contributed by atoms with van der Waals surface area (Å²) in [6, 6.07) is 5.18. The monoisotopic (exact) mass is 225 g/mol. The molecule has 2 aliphatic rings. The summed E-state index contributed by atoms with van der Waals surface area (Å²) in [6.07, 6.45) is 1.24. The van der Waals surface area contributed by atoms with Gasteiger partial charge in [0.2, 0.25) is 0 Å². The number of likely N-dealkylation sites (N-methyl/N-ethyl adjacent to an activating group) is 1. The van der Waals surface area contributed by atoms with Gasteiger partial charge in [0.25, 0.3) is 0 Å². The summed E-state index contributed by atoms with van der Waals surface area (Å²) in [4.78, 5) is 2.34. The summed E-state index contributed by atoms with van der Waals surface area (Å²) >= 11 is 5.82. The summed E-state index contributed by atoms with van der Waals surface area (Å²) in [5.41, 5.74) is 1.50. The van der Waals surface area contributed by atoms with Gasteiger partial charge in [-0.2, -0.15) is 0 Å². The fourth-order valence-corrected chi connectivity index (χ4v) is 3.17. The van der Waals surface area contributed by atoms with Gasteiger partial charge < -0.3 is 4.90 Å². The van der Waals surface area contributed by atoms with Crippen LogP contribution in [-0.2, 0) is 5.41 Å². The standard InChI is InChI=1S/C12H13ClFN/c1-15-6-9-5-12(9,7-15)8-2-3-11(14)10(13)4-8/h2-4,9H,5-7H2,1H3/t9-,12-/m0/s1. The minimum absolute atomic E-state index is 0.252. The van der Waals surface area contributed by atoms with Crippen molar-refractivity contribution in [3.05, 3.63) is 34.6 Å². The van der Waals surface area contributed by atoms with Gasteiger partial charge in [0, 0.05) is 18.5 Å². The summed E-state index contributed by atoms with van der Waals surface area (Å²) in [6.45, 7) is 2.24. The van der Waals surface area contributed by atoms with Gasteiger partial charge in [0.1, 0.15) is 5.82 Å². The van der Waals surface area contributed by atoms with E-state index in [9.17, 15) is 4.39 Å². The molecule has 1 saturated carbocycles. The summed E-state index contributed by atoms with van der Waals surface area (Å²) < 4.78 is 13.1. The summed E-state index contributed by atoms with van der Waals surface area (Å²) in [7, 11) is 2.14. The summed E-state index contributed by atoms with van der Waals surface area (Å²) in [5, 5.41) is 0.252. The van der Waals surface area contributed by atoms with Crippen LogP contribution in [0.5, 0.6) is 0 Å². The maximum Gasteiger partial charge on any atom is 0.141 e. The van der Waals surface area contributed by atoms with E-state index in [1.54, 1.807) is 6.07 Å². The Labute approximate surface area is 93.8 Å². The highest BCUT2D eigenvalue weighted by atomic mass is 35.5. The minimum atomic E-state index is -0.319. The van der Waals surface area contributed by atoms with Crippen LogP contribution in [0.2, 0.25) is 5.02 Å². The van der Waals surface area contributed by atoms with Gasteiger partial charge in [-0.15, -0.1) is 0 Å². The van der Waals surface area contributed by atoms with Crippen LogP contribution in [0.25, 0.3) is 0 Å². The number of rotatable bonds is 1. The summed E-state index contributed by atoms with van der Waals surface area (Å²) in [5.74, 6) is 0.435. The molecule has 0 aromatic heterocycles. The molecular formula is C12H13ClFN. The molecular weight excluding hydrogens is 213 g/mol. The van der Waals surface area contributed by atoms with E-state index in [2.05, 4.69) is 11.9 Å². The van der Waals surface area contributed by atoms with Crippen molar-refractivity contribution in [3.8, 4) is 0 Å². The van der Waals surface area contributed by atoms with E-state index in [4.69, 9.17) is 11.6 Å². The van der Waals surface area contributed by atoms with Gasteiger partial charge in [0.05, 0.1) is 5.02 Å². The number of nitrogens with zero attached hydrogens (tertiary/aromatic N) is 1. The maximum absolute atomic E-state index is 13.1. The van der Waals surface area contributed by atoms with Gasteiger partial charge in [-0.3, -0.25) is 0 Å². The van der Waals surface area contributed by atoms with Crippen LogP contribution >= 0.6 is 11.6 Å². The SMILES string of the molecule is CN1C[C@@H]2C[C@@]2(c2ccc(F)c(Cl)c2)C1.